The Kier molecular flexibility index (Phi) is 4.88. The van der Waals surface area contributed by atoms with Gasteiger partial charge in [0.25, 0.3) is 5.91 Å². The summed E-state index contributed by atoms with van der Waals surface area (Å²) in [5.41, 5.74) is 1.64. The van der Waals surface area contributed by atoms with Crippen molar-refractivity contribution < 1.29 is 23.0 Å². The Morgan fingerprint density at radius 1 is 1.16 bits per heavy atom. The number of nitrogens with one attached hydrogen (secondary N) is 1. The molecule has 1 aliphatic carbocycles. The number of hydrogen-bond donors (Lipinski definition) is 1. The van der Waals surface area contributed by atoms with Gasteiger partial charge in [0.2, 0.25) is 0 Å². The van der Waals surface area contributed by atoms with E-state index in [2.05, 4.69) is 5.32 Å². The molecule has 1 atom stereocenters. The SMILES string of the molecule is COc1ccc2c(c1)CCC[C@@H]2NC(=O)c1c(OC)ccc(F)c1F. The number of halogens is 2. The molecule has 0 heterocycles. The number of rotatable bonds is 4. The van der Waals surface area contributed by atoms with Crippen LogP contribution in [0.4, 0.5) is 8.78 Å². The number of hydrogen-bond acceptors (Lipinski definition) is 3. The molecule has 0 unspecified atom stereocenters. The predicted octanol–water partition coefficient (Wildman–Crippen LogP) is 3.79. The molecule has 1 N–H and O–H groups in total. The molecule has 2 aromatic rings. The summed E-state index contributed by atoms with van der Waals surface area (Å²) in [6.45, 7) is 0. The fourth-order valence-electron chi connectivity index (χ4n) is 3.21. The van der Waals surface area contributed by atoms with Crippen LogP contribution in [0.5, 0.6) is 11.5 Å². The smallest absolute Gasteiger partial charge is 0.258 e. The topological polar surface area (TPSA) is 47.6 Å². The second-order valence-corrected chi connectivity index (χ2v) is 5.92. The van der Waals surface area contributed by atoms with Crippen molar-refractivity contribution in [1.29, 1.82) is 0 Å². The number of carbonyl (C=O) groups is 1. The van der Waals surface area contributed by atoms with E-state index >= 15 is 0 Å². The second kappa shape index (κ2) is 7.09. The molecule has 0 aliphatic heterocycles. The van der Waals surface area contributed by atoms with E-state index in [4.69, 9.17) is 9.47 Å². The fraction of sp³-hybridized carbons (Fsp3) is 0.316. The lowest BCUT2D eigenvalue weighted by Crippen LogP contribution is -2.32. The Bertz CT molecular complexity index is 807. The highest BCUT2D eigenvalue weighted by Gasteiger charge is 2.27. The minimum absolute atomic E-state index is 0.00200. The van der Waals surface area contributed by atoms with Crippen LogP contribution in [0.3, 0.4) is 0 Å². The number of benzene rings is 2. The first-order chi connectivity index (χ1) is 12.0. The Morgan fingerprint density at radius 3 is 2.68 bits per heavy atom. The van der Waals surface area contributed by atoms with Gasteiger partial charge in [-0.3, -0.25) is 4.79 Å². The van der Waals surface area contributed by atoms with E-state index in [1.165, 1.54) is 13.2 Å². The van der Waals surface area contributed by atoms with Crippen molar-refractivity contribution in [2.24, 2.45) is 0 Å². The van der Waals surface area contributed by atoms with Crippen LogP contribution in [0.2, 0.25) is 0 Å². The van der Waals surface area contributed by atoms with E-state index in [1.807, 2.05) is 18.2 Å². The molecule has 0 aromatic heterocycles. The van der Waals surface area contributed by atoms with Gasteiger partial charge in [0.05, 0.1) is 20.3 Å². The number of ether oxygens (including phenoxy) is 2. The number of carbonyl (C=O) groups excluding carboxylic acids is 1. The van der Waals surface area contributed by atoms with E-state index in [0.717, 1.165) is 42.2 Å². The van der Waals surface area contributed by atoms with Gasteiger partial charge in [-0.25, -0.2) is 8.78 Å². The average molecular weight is 347 g/mol. The average Bonchev–Trinajstić information content (AvgIpc) is 2.63. The van der Waals surface area contributed by atoms with Crippen LogP contribution in [0.15, 0.2) is 30.3 Å². The lowest BCUT2D eigenvalue weighted by atomic mass is 9.87. The third-order valence-corrected chi connectivity index (χ3v) is 4.47. The van der Waals surface area contributed by atoms with Gasteiger partial charge in [-0.05, 0) is 54.7 Å². The first kappa shape index (κ1) is 17.2. The van der Waals surface area contributed by atoms with Crippen LogP contribution < -0.4 is 14.8 Å². The molecule has 0 saturated heterocycles. The summed E-state index contributed by atoms with van der Waals surface area (Å²) < 4.78 is 37.9. The molecule has 0 fully saturated rings. The van der Waals surface area contributed by atoms with Crippen LogP contribution in [0.1, 0.15) is 40.4 Å². The Morgan fingerprint density at radius 2 is 1.96 bits per heavy atom. The fourth-order valence-corrected chi connectivity index (χ4v) is 3.21. The summed E-state index contributed by atoms with van der Waals surface area (Å²) in [7, 11) is 2.91. The highest BCUT2D eigenvalue weighted by molar-refractivity contribution is 5.97. The third-order valence-electron chi connectivity index (χ3n) is 4.47. The molecule has 0 saturated carbocycles. The summed E-state index contributed by atoms with van der Waals surface area (Å²) in [6.07, 6.45) is 2.49. The molecule has 4 nitrogen and oxygen atoms in total. The standard InChI is InChI=1S/C19H19F2NO3/c1-24-12-6-7-13-11(10-12)4-3-5-15(13)22-19(23)17-16(25-2)9-8-14(20)18(17)21/h6-10,15H,3-5H2,1-2H3,(H,22,23)/t15-/m0/s1. The number of aryl methyl sites for hydroxylation is 1. The summed E-state index contributed by atoms with van der Waals surface area (Å²) in [5, 5.41) is 2.81. The van der Waals surface area contributed by atoms with Gasteiger partial charge < -0.3 is 14.8 Å². The lowest BCUT2D eigenvalue weighted by molar-refractivity contribution is 0.0924. The van der Waals surface area contributed by atoms with E-state index < -0.39 is 23.1 Å². The molecule has 1 amide bonds. The Labute approximate surface area is 144 Å². The van der Waals surface area contributed by atoms with Crippen molar-refractivity contribution in [1.82, 2.24) is 5.32 Å². The van der Waals surface area contributed by atoms with E-state index in [1.54, 1.807) is 7.11 Å². The zero-order valence-electron chi connectivity index (χ0n) is 14.1. The summed E-state index contributed by atoms with van der Waals surface area (Å²) in [6, 6.07) is 7.58. The maximum Gasteiger partial charge on any atom is 0.258 e. The van der Waals surface area contributed by atoms with Crippen LogP contribution >= 0.6 is 0 Å². The van der Waals surface area contributed by atoms with Crippen molar-refractivity contribution in [3.8, 4) is 11.5 Å². The maximum atomic E-state index is 14.1. The van der Waals surface area contributed by atoms with Crippen molar-refractivity contribution >= 4 is 5.91 Å². The van der Waals surface area contributed by atoms with Gasteiger partial charge in [-0.15, -0.1) is 0 Å². The first-order valence-corrected chi connectivity index (χ1v) is 8.04. The molecule has 2 aromatic carbocycles. The minimum atomic E-state index is -1.21. The van der Waals surface area contributed by atoms with Crippen molar-refractivity contribution in [2.45, 2.75) is 25.3 Å². The molecule has 0 radical (unpaired) electrons. The zero-order valence-corrected chi connectivity index (χ0v) is 14.1. The molecule has 0 bridgehead atoms. The summed E-state index contributed by atoms with van der Waals surface area (Å²) in [4.78, 5) is 12.6. The van der Waals surface area contributed by atoms with Gasteiger partial charge >= 0.3 is 0 Å². The van der Waals surface area contributed by atoms with Gasteiger partial charge in [-0.2, -0.15) is 0 Å². The molecule has 25 heavy (non-hydrogen) atoms. The highest BCUT2D eigenvalue weighted by atomic mass is 19.2. The van der Waals surface area contributed by atoms with E-state index in [0.29, 0.717) is 0 Å². The monoisotopic (exact) mass is 347 g/mol. The highest BCUT2D eigenvalue weighted by Crippen LogP contribution is 2.33. The summed E-state index contributed by atoms with van der Waals surface area (Å²) >= 11 is 0. The largest absolute Gasteiger partial charge is 0.497 e. The first-order valence-electron chi connectivity index (χ1n) is 8.04. The van der Waals surface area contributed by atoms with Crippen molar-refractivity contribution in [3.63, 3.8) is 0 Å². The van der Waals surface area contributed by atoms with Crippen LogP contribution in [-0.2, 0) is 6.42 Å². The second-order valence-electron chi connectivity index (χ2n) is 5.92. The number of amides is 1. The number of methoxy groups -OCH3 is 2. The molecule has 6 heteroatoms. The van der Waals surface area contributed by atoms with Gasteiger partial charge in [0, 0.05) is 0 Å². The molecule has 132 valence electrons. The number of fused-ring (bicyclic) bond motifs is 1. The molecule has 3 rings (SSSR count). The van der Waals surface area contributed by atoms with E-state index in [-0.39, 0.29) is 11.8 Å². The van der Waals surface area contributed by atoms with Crippen molar-refractivity contribution in [2.75, 3.05) is 14.2 Å². The lowest BCUT2D eigenvalue weighted by Gasteiger charge is -2.27. The van der Waals surface area contributed by atoms with Crippen LogP contribution in [0, 0.1) is 11.6 Å². The van der Waals surface area contributed by atoms with Gasteiger partial charge in [0.15, 0.2) is 11.6 Å². The molecule has 0 spiro atoms. The third kappa shape index (κ3) is 3.29. The predicted molar refractivity (Wildman–Crippen MR) is 89.0 cm³/mol. The molecular weight excluding hydrogens is 328 g/mol. The van der Waals surface area contributed by atoms with Gasteiger partial charge in [-0.1, -0.05) is 6.07 Å². The van der Waals surface area contributed by atoms with Crippen molar-refractivity contribution in [3.05, 3.63) is 58.7 Å². The normalized spacial score (nSPS) is 16.1. The molecular formula is C19H19F2NO3. The van der Waals surface area contributed by atoms with Crippen LogP contribution in [-0.4, -0.2) is 20.1 Å². The Balaban J connectivity index is 1.90. The van der Waals surface area contributed by atoms with E-state index in [9.17, 15) is 13.6 Å². The molecule has 1 aliphatic rings. The van der Waals surface area contributed by atoms with Crippen LogP contribution in [0.25, 0.3) is 0 Å². The van der Waals surface area contributed by atoms with Gasteiger partial charge in [0.1, 0.15) is 17.1 Å². The Hall–Kier alpha value is -2.63. The minimum Gasteiger partial charge on any atom is -0.497 e. The zero-order chi connectivity index (χ0) is 18.0. The summed E-state index contributed by atoms with van der Waals surface area (Å²) in [5.74, 6) is -2.23. The quantitative estimate of drug-likeness (QED) is 0.915. The maximum absolute atomic E-state index is 14.1.